The molecule has 2 rings (SSSR count). The van der Waals surface area contributed by atoms with Crippen LogP contribution in [0, 0.1) is 13.8 Å². The lowest BCUT2D eigenvalue weighted by molar-refractivity contribution is 0.00914. The van der Waals surface area contributed by atoms with Crippen molar-refractivity contribution in [1.82, 2.24) is 0 Å². The van der Waals surface area contributed by atoms with Gasteiger partial charge in [0, 0.05) is 22.1 Å². The van der Waals surface area contributed by atoms with Gasteiger partial charge < -0.3 is 18.8 Å². The quantitative estimate of drug-likeness (QED) is 0.582. The predicted octanol–water partition coefficient (Wildman–Crippen LogP) is 1.46. The highest BCUT2D eigenvalue weighted by atomic mass is 32.2. The third-order valence-corrected chi connectivity index (χ3v) is 4.61. The molecule has 0 aliphatic carbocycles. The van der Waals surface area contributed by atoms with Crippen LogP contribution < -0.4 is 9.47 Å². The van der Waals surface area contributed by atoms with Crippen molar-refractivity contribution in [2.24, 2.45) is 0 Å². The molecule has 0 aromatic carbocycles. The highest BCUT2D eigenvalue weighted by Gasteiger charge is 2.26. The predicted molar refractivity (Wildman–Crippen MR) is 73.7 cm³/mol. The van der Waals surface area contributed by atoms with Crippen LogP contribution in [0.5, 0.6) is 11.5 Å². The summed E-state index contributed by atoms with van der Waals surface area (Å²) in [6, 6.07) is 0. The van der Waals surface area contributed by atoms with Crippen molar-refractivity contribution in [3.8, 4) is 11.5 Å². The van der Waals surface area contributed by atoms with E-state index in [0.717, 1.165) is 21.3 Å². The number of hydrogen-bond acceptors (Lipinski definition) is 7. The summed E-state index contributed by atoms with van der Waals surface area (Å²) >= 11 is 1.63. The summed E-state index contributed by atoms with van der Waals surface area (Å²) < 4.78 is 48.1. The van der Waals surface area contributed by atoms with Crippen molar-refractivity contribution in [2.75, 3.05) is 25.6 Å². The van der Waals surface area contributed by atoms with Gasteiger partial charge in [0.1, 0.15) is 6.61 Å². The lowest BCUT2D eigenvalue weighted by atomic mass is 10.3. The molecular formula is C12H17O6S2-. The van der Waals surface area contributed by atoms with Crippen molar-refractivity contribution >= 4 is 21.5 Å². The first-order valence-electron chi connectivity index (χ1n) is 6.27. The van der Waals surface area contributed by atoms with Crippen LogP contribution >= 0.6 is 11.3 Å². The monoisotopic (exact) mass is 321 g/mol. The van der Waals surface area contributed by atoms with Crippen LogP contribution in [-0.4, -0.2) is 44.6 Å². The zero-order valence-corrected chi connectivity index (χ0v) is 13.0. The third kappa shape index (κ3) is 4.08. The first-order chi connectivity index (χ1) is 9.37. The maximum Gasteiger partial charge on any atom is 0.175 e. The summed E-state index contributed by atoms with van der Waals surface area (Å²) in [6.45, 7) is 4.90. The lowest BCUT2D eigenvalue weighted by Gasteiger charge is -2.25. The van der Waals surface area contributed by atoms with Gasteiger partial charge in [-0.25, -0.2) is 8.42 Å². The van der Waals surface area contributed by atoms with E-state index in [1.165, 1.54) is 0 Å². The second-order valence-corrected chi connectivity index (χ2v) is 7.57. The van der Waals surface area contributed by atoms with Crippen LogP contribution in [-0.2, 0) is 14.9 Å². The molecule has 1 aromatic heterocycles. The fraction of sp³-hybridized carbons (Fsp3) is 0.667. The molecule has 0 spiro atoms. The summed E-state index contributed by atoms with van der Waals surface area (Å²) in [6.07, 6.45) is -0.0135. The van der Waals surface area contributed by atoms with E-state index in [-0.39, 0.29) is 19.1 Å². The number of fused-ring (bicyclic) bond motifs is 1. The first kappa shape index (κ1) is 15.6. The molecule has 0 saturated heterocycles. The van der Waals surface area contributed by atoms with Gasteiger partial charge in [-0.15, -0.1) is 11.3 Å². The molecule has 6 nitrogen and oxygen atoms in total. The molecular weight excluding hydrogens is 304 g/mol. The summed E-state index contributed by atoms with van der Waals surface area (Å²) in [5.41, 5.74) is 0. The summed E-state index contributed by atoms with van der Waals surface area (Å²) in [5, 5.41) is 0. The van der Waals surface area contributed by atoms with Gasteiger partial charge >= 0.3 is 0 Å². The average Bonchev–Trinajstić information content (AvgIpc) is 2.63. The highest BCUT2D eigenvalue weighted by Crippen LogP contribution is 2.43. The Morgan fingerprint density at radius 3 is 2.75 bits per heavy atom. The fourth-order valence-corrected chi connectivity index (χ4v) is 3.37. The van der Waals surface area contributed by atoms with E-state index in [0.29, 0.717) is 13.2 Å². The zero-order valence-electron chi connectivity index (χ0n) is 11.4. The molecule has 0 fully saturated rings. The molecule has 2 heterocycles. The van der Waals surface area contributed by atoms with E-state index in [1.807, 2.05) is 13.8 Å². The Labute approximate surface area is 122 Å². The molecule has 1 aliphatic heterocycles. The van der Waals surface area contributed by atoms with E-state index in [9.17, 15) is 13.0 Å². The third-order valence-electron chi connectivity index (χ3n) is 2.84. The Hall–Kier alpha value is -0.830. The molecule has 1 atom stereocenters. The summed E-state index contributed by atoms with van der Waals surface area (Å²) in [7, 11) is -4.16. The molecule has 1 aliphatic rings. The molecule has 0 radical (unpaired) electrons. The molecule has 0 saturated carbocycles. The van der Waals surface area contributed by atoms with Crippen molar-refractivity contribution in [1.29, 1.82) is 0 Å². The Morgan fingerprint density at radius 2 is 2.05 bits per heavy atom. The van der Waals surface area contributed by atoms with Gasteiger partial charge in [-0.3, -0.25) is 0 Å². The Kier molecular flexibility index (Phi) is 4.90. The lowest BCUT2D eigenvalue weighted by Crippen LogP contribution is -2.33. The maximum absolute atomic E-state index is 10.4. The van der Waals surface area contributed by atoms with Gasteiger partial charge in [0.25, 0.3) is 0 Å². The average molecular weight is 321 g/mol. The number of ether oxygens (including phenoxy) is 3. The van der Waals surface area contributed by atoms with Crippen molar-refractivity contribution in [2.45, 2.75) is 26.4 Å². The standard InChI is InChI=1S/C12H18O6S2/c1-8-11-12(9(2)19-8)18-10(7-17-11)6-16-4-3-5-20(13,14)15/h10H,3-7H2,1-2H3,(H,13,14,15)/p-1. The summed E-state index contributed by atoms with van der Waals surface area (Å²) in [5.74, 6) is 1.18. The van der Waals surface area contributed by atoms with Gasteiger partial charge in [0.15, 0.2) is 17.6 Å². The number of rotatable bonds is 6. The van der Waals surface area contributed by atoms with E-state index in [1.54, 1.807) is 11.3 Å². The van der Waals surface area contributed by atoms with Gasteiger partial charge in [-0.1, -0.05) is 0 Å². The molecule has 20 heavy (non-hydrogen) atoms. The van der Waals surface area contributed by atoms with Gasteiger partial charge in [0.05, 0.1) is 16.7 Å². The first-order valence-corrected chi connectivity index (χ1v) is 8.67. The zero-order chi connectivity index (χ0) is 14.8. The molecule has 114 valence electrons. The summed E-state index contributed by atoms with van der Waals surface area (Å²) in [4.78, 5) is 2.16. The van der Waals surface area contributed by atoms with Crippen LogP contribution in [0.25, 0.3) is 0 Å². The molecule has 1 unspecified atom stereocenters. The number of aryl methyl sites for hydroxylation is 2. The van der Waals surface area contributed by atoms with E-state index in [4.69, 9.17) is 14.2 Å². The molecule has 1 aromatic rings. The SMILES string of the molecule is Cc1sc(C)c2c1OCC(COCCCS(=O)(=O)[O-])O2. The molecule has 0 N–H and O–H groups in total. The number of hydrogen-bond donors (Lipinski definition) is 0. The molecule has 0 amide bonds. The number of thiophene rings is 1. The molecule has 0 bridgehead atoms. The van der Waals surface area contributed by atoms with Crippen LogP contribution in [0.15, 0.2) is 0 Å². The highest BCUT2D eigenvalue weighted by molar-refractivity contribution is 7.85. The van der Waals surface area contributed by atoms with Crippen LogP contribution in [0.4, 0.5) is 0 Å². The van der Waals surface area contributed by atoms with Gasteiger partial charge in [-0.2, -0.15) is 0 Å². The molecule has 8 heteroatoms. The fourth-order valence-electron chi connectivity index (χ4n) is 1.96. The van der Waals surface area contributed by atoms with Crippen LogP contribution in [0.3, 0.4) is 0 Å². The van der Waals surface area contributed by atoms with Crippen molar-refractivity contribution < 1.29 is 27.2 Å². The van der Waals surface area contributed by atoms with Gasteiger partial charge in [-0.05, 0) is 20.3 Å². The minimum absolute atomic E-state index is 0.196. The Bertz CT molecular complexity index is 563. The van der Waals surface area contributed by atoms with Crippen LogP contribution in [0.1, 0.15) is 16.2 Å². The minimum atomic E-state index is -4.16. The Morgan fingerprint density at radius 1 is 1.35 bits per heavy atom. The van der Waals surface area contributed by atoms with Crippen LogP contribution in [0.2, 0.25) is 0 Å². The second kappa shape index (κ2) is 6.30. The normalized spacial score (nSPS) is 18.2. The topological polar surface area (TPSA) is 84.9 Å². The van der Waals surface area contributed by atoms with E-state index >= 15 is 0 Å². The van der Waals surface area contributed by atoms with E-state index in [2.05, 4.69) is 0 Å². The maximum atomic E-state index is 10.4. The van der Waals surface area contributed by atoms with Gasteiger partial charge in [0.2, 0.25) is 0 Å². The largest absolute Gasteiger partial charge is 0.748 e. The second-order valence-electron chi connectivity index (χ2n) is 4.61. The van der Waals surface area contributed by atoms with Crippen molar-refractivity contribution in [3.05, 3.63) is 9.75 Å². The van der Waals surface area contributed by atoms with E-state index < -0.39 is 15.9 Å². The smallest absolute Gasteiger partial charge is 0.175 e. The van der Waals surface area contributed by atoms with Crippen molar-refractivity contribution in [3.63, 3.8) is 0 Å². The minimum Gasteiger partial charge on any atom is -0.748 e. The Balaban J connectivity index is 1.75.